The molecule has 0 saturated carbocycles. The number of nitrogens with zero attached hydrogens (tertiary/aromatic N) is 2. The lowest BCUT2D eigenvalue weighted by Gasteiger charge is -2.34. The number of hydrogen-bond donors (Lipinski definition) is 2. The monoisotopic (exact) mass is 293 g/mol. The normalized spacial score (nSPS) is 15.7. The number of nitro groups is 1. The highest BCUT2D eigenvalue weighted by Gasteiger charge is 2.25. The van der Waals surface area contributed by atoms with Gasteiger partial charge < -0.3 is 15.3 Å². The molecular weight excluding hydrogens is 274 g/mol. The molecule has 2 N–H and O–H groups in total. The number of carbonyl (C=O) groups is 1. The van der Waals surface area contributed by atoms with E-state index in [2.05, 4.69) is 5.32 Å². The van der Waals surface area contributed by atoms with Crippen LogP contribution in [-0.4, -0.2) is 42.2 Å². The average Bonchev–Trinajstić information content (AvgIpc) is 2.47. The van der Waals surface area contributed by atoms with E-state index in [4.69, 9.17) is 5.11 Å². The molecular formula is C14H19N3O4. The highest BCUT2D eigenvalue weighted by Crippen LogP contribution is 2.32. The third-order valence-corrected chi connectivity index (χ3v) is 4.03. The molecule has 114 valence electrons. The van der Waals surface area contributed by atoms with Gasteiger partial charge in [0.1, 0.15) is 0 Å². The molecule has 1 saturated heterocycles. The van der Waals surface area contributed by atoms with Crippen LogP contribution in [0.3, 0.4) is 0 Å². The molecule has 0 amide bonds. The lowest BCUT2D eigenvalue weighted by Crippen LogP contribution is -2.41. The number of benzene rings is 1. The van der Waals surface area contributed by atoms with Crippen LogP contribution in [0.5, 0.6) is 0 Å². The summed E-state index contributed by atoms with van der Waals surface area (Å²) in [5.41, 5.74) is 0.924. The van der Waals surface area contributed by atoms with Gasteiger partial charge in [-0.25, -0.2) is 4.79 Å². The second-order valence-electron chi connectivity index (χ2n) is 5.29. The zero-order valence-electron chi connectivity index (χ0n) is 12.1. The second-order valence-corrected chi connectivity index (χ2v) is 5.29. The van der Waals surface area contributed by atoms with E-state index in [1.165, 1.54) is 6.07 Å². The van der Waals surface area contributed by atoms with E-state index >= 15 is 0 Å². The van der Waals surface area contributed by atoms with E-state index in [1.807, 2.05) is 11.9 Å². The predicted molar refractivity (Wildman–Crippen MR) is 79.1 cm³/mol. The fraction of sp³-hybridized carbons (Fsp3) is 0.500. The number of piperidine rings is 1. The molecule has 1 heterocycles. The zero-order chi connectivity index (χ0) is 15.6. The topological polar surface area (TPSA) is 95.7 Å². The highest BCUT2D eigenvalue weighted by atomic mass is 16.6. The maximum atomic E-state index is 11.2. The summed E-state index contributed by atoms with van der Waals surface area (Å²) in [6.07, 6.45) is 1.86. The predicted octanol–water partition coefficient (Wildman–Crippen LogP) is 1.79. The average molecular weight is 293 g/mol. The fourth-order valence-corrected chi connectivity index (χ4v) is 2.75. The minimum Gasteiger partial charge on any atom is -0.478 e. The lowest BCUT2D eigenvalue weighted by atomic mass is 10.0. The first-order chi connectivity index (χ1) is 9.91. The van der Waals surface area contributed by atoms with Gasteiger partial charge in [0.25, 0.3) is 5.69 Å². The molecule has 0 radical (unpaired) electrons. The van der Waals surface area contributed by atoms with Crippen molar-refractivity contribution >= 4 is 17.3 Å². The van der Waals surface area contributed by atoms with Crippen LogP contribution in [0.4, 0.5) is 11.4 Å². The van der Waals surface area contributed by atoms with Crippen molar-refractivity contribution in [1.82, 2.24) is 5.32 Å². The number of carboxylic acids is 1. The zero-order valence-corrected chi connectivity index (χ0v) is 12.1. The van der Waals surface area contributed by atoms with E-state index < -0.39 is 10.9 Å². The maximum Gasteiger partial charge on any atom is 0.336 e. The molecule has 7 nitrogen and oxygen atoms in total. The van der Waals surface area contributed by atoms with E-state index in [9.17, 15) is 14.9 Å². The fourth-order valence-electron chi connectivity index (χ4n) is 2.75. The molecule has 1 aliphatic heterocycles. The van der Waals surface area contributed by atoms with Gasteiger partial charge in [-0.3, -0.25) is 10.1 Å². The Morgan fingerprint density at radius 3 is 2.57 bits per heavy atom. The molecule has 0 unspecified atom stereocenters. The first-order valence-electron chi connectivity index (χ1n) is 6.87. The Bertz CT molecular complexity index is 568. The summed E-state index contributed by atoms with van der Waals surface area (Å²) in [6, 6.07) is 2.90. The van der Waals surface area contributed by atoms with Gasteiger partial charge in [-0.2, -0.15) is 0 Å². The molecule has 0 aromatic heterocycles. The Hall–Kier alpha value is -2.15. The van der Waals surface area contributed by atoms with Crippen LogP contribution >= 0.6 is 0 Å². The second kappa shape index (κ2) is 6.09. The largest absolute Gasteiger partial charge is 0.478 e. The number of nitrogens with one attached hydrogen (secondary N) is 1. The van der Waals surface area contributed by atoms with Gasteiger partial charge in [0, 0.05) is 24.8 Å². The lowest BCUT2D eigenvalue weighted by molar-refractivity contribution is -0.385. The summed E-state index contributed by atoms with van der Waals surface area (Å²) in [5, 5.41) is 23.5. The quantitative estimate of drug-likeness (QED) is 0.649. The van der Waals surface area contributed by atoms with Crippen molar-refractivity contribution in [1.29, 1.82) is 0 Å². The SMILES string of the molecule is Cc1c(N(C)C2CCNCC2)cc(C(=O)O)cc1[N+](=O)[O-]. The van der Waals surface area contributed by atoms with E-state index in [0.717, 1.165) is 32.0 Å². The Kier molecular flexibility index (Phi) is 4.42. The first kappa shape index (κ1) is 15.2. The van der Waals surface area contributed by atoms with Crippen LogP contribution in [0.2, 0.25) is 0 Å². The summed E-state index contributed by atoms with van der Waals surface area (Å²) in [5.74, 6) is -1.15. The number of anilines is 1. The van der Waals surface area contributed by atoms with E-state index in [-0.39, 0.29) is 17.3 Å². The summed E-state index contributed by atoms with van der Waals surface area (Å²) < 4.78 is 0. The molecule has 1 fully saturated rings. The Balaban J connectivity index is 2.45. The van der Waals surface area contributed by atoms with Gasteiger partial charge in [-0.15, -0.1) is 0 Å². The Morgan fingerprint density at radius 1 is 1.43 bits per heavy atom. The Labute approximate surface area is 122 Å². The van der Waals surface area contributed by atoms with Crippen molar-refractivity contribution in [3.05, 3.63) is 33.4 Å². The van der Waals surface area contributed by atoms with Gasteiger partial charge in [-0.1, -0.05) is 0 Å². The van der Waals surface area contributed by atoms with E-state index in [0.29, 0.717) is 11.3 Å². The van der Waals surface area contributed by atoms with Crippen molar-refractivity contribution in [2.45, 2.75) is 25.8 Å². The number of hydrogen-bond acceptors (Lipinski definition) is 5. The molecule has 21 heavy (non-hydrogen) atoms. The van der Waals surface area contributed by atoms with Gasteiger partial charge >= 0.3 is 5.97 Å². The van der Waals surface area contributed by atoms with Crippen molar-refractivity contribution in [2.75, 3.05) is 25.0 Å². The molecule has 2 rings (SSSR count). The standard InChI is InChI=1S/C14H19N3O4/c1-9-12(16(2)11-3-5-15-6-4-11)7-10(14(18)19)8-13(9)17(20)21/h7-8,11,15H,3-6H2,1-2H3,(H,18,19). The van der Waals surface area contributed by atoms with Crippen LogP contribution in [-0.2, 0) is 0 Å². The smallest absolute Gasteiger partial charge is 0.336 e. The molecule has 0 bridgehead atoms. The first-order valence-corrected chi connectivity index (χ1v) is 6.87. The van der Waals surface area contributed by atoms with Crippen molar-refractivity contribution in [3.63, 3.8) is 0 Å². The van der Waals surface area contributed by atoms with Crippen LogP contribution in [0.15, 0.2) is 12.1 Å². The summed E-state index contributed by atoms with van der Waals surface area (Å²) in [7, 11) is 1.87. The van der Waals surface area contributed by atoms with Crippen LogP contribution in [0.25, 0.3) is 0 Å². The molecule has 7 heteroatoms. The molecule has 0 spiro atoms. The summed E-state index contributed by atoms with van der Waals surface area (Å²) in [6.45, 7) is 3.46. The summed E-state index contributed by atoms with van der Waals surface area (Å²) >= 11 is 0. The van der Waals surface area contributed by atoms with Gasteiger partial charge in [0.2, 0.25) is 0 Å². The van der Waals surface area contributed by atoms with E-state index in [1.54, 1.807) is 6.92 Å². The minimum absolute atomic E-state index is 0.0527. The van der Waals surface area contributed by atoms with Gasteiger partial charge in [-0.05, 0) is 38.9 Å². The van der Waals surface area contributed by atoms with Gasteiger partial charge in [0.05, 0.1) is 16.1 Å². The van der Waals surface area contributed by atoms with Crippen LogP contribution in [0, 0.1) is 17.0 Å². The third kappa shape index (κ3) is 3.13. The molecule has 1 aliphatic rings. The number of rotatable bonds is 4. The van der Waals surface area contributed by atoms with Crippen LogP contribution < -0.4 is 10.2 Å². The minimum atomic E-state index is -1.15. The highest BCUT2D eigenvalue weighted by molar-refractivity contribution is 5.90. The molecule has 0 atom stereocenters. The van der Waals surface area contributed by atoms with Crippen molar-refractivity contribution < 1.29 is 14.8 Å². The number of aromatic carboxylic acids is 1. The summed E-state index contributed by atoms with van der Waals surface area (Å²) in [4.78, 5) is 23.8. The third-order valence-electron chi connectivity index (χ3n) is 4.03. The van der Waals surface area contributed by atoms with Crippen molar-refractivity contribution in [2.24, 2.45) is 0 Å². The van der Waals surface area contributed by atoms with Crippen molar-refractivity contribution in [3.8, 4) is 0 Å². The maximum absolute atomic E-state index is 11.2. The Morgan fingerprint density at radius 2 is 2.05 bits per heavy atom. The molecule has 1 aromatic rings. The van der Waals surface area contributed by atoms with Crippen LogP contribution in [0.1, 0.15) is 28.8 Å². The van der Waals surface area contributed by atoms with Gasteiger partial charge in [0.15, 0.2) is 0 Å². The molecule has 1 aromatic carbocycles. The number of nitro benzene ring substituents is 1. The molecule has 0 aliphatic carbocycles. The number of carboxylic acid groups (broad SMARTS) is 1.